The van der Waals surface area contributed by atoms with Crippen LogP contribution < -0.4 is 4.90 Å². The Morgan fingerprint density at radius 2 is 1.76 bits per heavy atom. The highest BCUT2D eigenvalue weighted by Crippen LogP contribution is 2.29. The molecular formula is C25H31N5O2S. The summed E-state index contributed by atoms with van der Waals surface area (Å²) in [5.74, 6) is 1.19. The first-order valence-corrected chi connectivity index (χ1v) is 12.3. The van der Waals surface area contributed by atoms with E-state index >= 15 is 0 Å². The minimum atomic E-state index is 0.0890. The summed E-state index contributed by atoms with van der Waals surface area (Å²) in [6.45, 7) is 9.67. The van der Waals surface area contributed by atoms with Gasteiger partial charge in [0.15, 0.2) is 5.16 Å². The number of carbonyl (C=O) groups is 1. The third-order valence-corrected chi connectivity index (χ3v) is 6.64. The predicted octanol–water partition coefficient (Wildman–Crippen LogP) is 3.94. The summed E-state index contributed by atoms with van der Waals surface area (Å²) in [6.07, 6.45) is 0. The fourth-order valence-electron chi connectivity index (χ4n) is 3.90. The van der Waals surface area contributed by atoms with Crippen molar-refractivity contribution < 1.29 is 9.53 Å². The van der Waals surface area contributed by atoms with E-state index in [1.165, 1.54) is 11.8 Å². The first kappa shape index (κ1) is 23.3. The normalized spacial score (nSPS) is 14.0. The molecule has 0 saturated carbocycles. The number of rotatable bonds is 8. The number of aromatic nitrogens is 3. The molecule has 0 spiro atoms. The number of ether oxygens (including phenoxy) is 1. The van der Waals surface area contributed by atoms with Gasteiger partial charge >= 0.3 is 0 Å². The Morgan fingerprint density at radius 3 is 2.45 bits per heavy atom. The van der Waals surface area contributed by atoms with Crippen molar-refractivity contribution in [1.29, 1.82) is 0 Å². The topological polar surface area (TPSA) is 63.5 Å². The monoisotopic (exact) mass is 465 g/mol. The SMILES string of the molecule is Cc1ccccc1-n1c(SCC(=O)N(Cc2ccccc2)C(C)C)nnc1N1CCOCC1. The van der Waals surface area contributed by atoms with Crippen LogP contribution in [0, 0.1) is 6.92 Å². The molecule has 0 bridgehead atoms. The van der Waals surface area contributed by atoms with Crippen molar-refractivity contribution in [2.24, 2.45) is 0 Å². The minimum absolute atomic E-state index is 0.0890. The number of hydrogen-bond donors (Lipinski definition) is 0. The molecule has 1 amide bonds. The van der Waals surface area contributed by atoms with Gasteiger partial charge in [-0.25, -0.2) is 0 Å². The van der Waals surface area contributed by atoms with Gasteiger partial charge in [0.25, 0.3) is 0 Å². The molecule has 8 heteroatoms. The summed E-state index contributed by atoms with van der Waals surface area (Å²) >= 11 is 1.44. The van der Waals surface area contributed by atoms with Crippen LogP contribution in [0.3, 0.4) is 0 Å². The molecule has 174 valence electrons. The van der Waals surface area contributed by atoms with Gasteiger partial charge in [0.1, 0.15) is 0 Å². The van der Waals surface area contributed by atoms with Crippen LogP contribution in [0.15, 0.2) is 59.8 Å². The van der Waals surface area contributed by atoms with Crippen LogP contribution >= 0.6 is 11.8 Å². The maximum absolute atomic E-state index is 13.2. The Hall–Kier alpha value is -2.84. The average molecular weight is 466 g/mol. The van der Waals surface area contributed by atoms with Crippen LogP contribution in [0.25, 0.3) is 5.69 Å². The number of para-hydroxylation sites is 1. The van der Waals surface area contributed by atoms with E-state index in [4.69, 9.17) is 4.74 Å². The van der Waals surface area contributed by atoms with Gasteiger partial charge in [0, 0.05) is 25.7 Å². The predicted molar refractivity (Wildman–Crippen MR) is 132 cm³/mol. The molecule has 0 atom stereocenters. The molecule has 1 aliphatic rings. The fraction of sp³-hybridized carbons (Fsp3) is 0.400. The number of carbonyl (C=O) groups excluding carboxylic acids is 1. The Kier molecular flexibility index (Phi) is 7.67. The Morgan fingerprint density at radius 1 is 1.06 bits per heavy atom. The largest absolute Gasteiger partial charge is 0.378 e. The first-order valence-electron chi connectivity index (χ1n) is 11.3. The van der Waals surface area contributed by atoms with Gasteiger partial charge in [-0.1, -0.05) is 60.3 Å². The van der Waals surface area contributed by atoms with Crippen molar-refractivity contribution in [1.82, 2.24) is 19.7 Å². The zero-order chi connectivity index (χ0) is 23.2. The highest BCUT2D eigenvalue weighted by Gasteiger charge is 2.24. The van der Waals surface area contributed by atoms with Crippen LogP contribution in [0.1, 0.15) is 25.0 Å². The maximum atomic E-state index is 13.2. The number of amides is 1. The van der Waals surface area contributed by atoms with E-state index in [2.05, 4.69) is 64.7 Å². The van der Waals surface area contributed by atoms with Crippen molar-refractivity contribution >= 4 is 23.6 Å². The number of benzene rings is 2. The summed E-state index contributed by atoms with van der Waals surface area (Å²) in [5, 5.41) is 9.74. The van der Waals surface area contributed by atoms with Gasteiger partial charge in [0.2, 0.25) is 11.9 Å². The van der Waals surface area contributed by atoms with Gasteiger partial charge in [-0.15, -0.1) is 10.2 Å². The van der Waals surface area contributed by atoms with Gasteiger partial charge in [0.05, 0.1) is 24.7 Å². The van der Waals surface area contributed by atoms with Crippen molar-refractivity contribution in [3.63, 3.8) is 0 Å². The Labute approximate surface area is 199 Å². The molecule has 1 aliphatic heterocycles. The van der Waals surface area contributed by atoms with E-state index in [-0.39, 0.29) is 11.9 Å². The summed E-state index contributed by atoms with van der Waals surface area (Å²) < 4.78 is 7.60. The first-order chi connectivity index (χ1) is 16.0. The Balaban J connectivity index is 1.56. The quantitative estimate of drug-likeness (QED) is 0.470. The number of aryl methyl sites for hydroxylation is 1. The third kappa shape index (κ3) is 5.57. The zero-order valence-electron chi connectivity index (χ0n) is 19.5. The van der Waals surface area contributed by atoms with E-state index in [1.807, 2.05) is 35.2 Å². The van der Waals surface area contributed by atoms with Crippen LogP contribution in [0.2, 0.25) is 0 Å². The molecule has 4 rings (SSSR count). The van der Waals surface area contributed by atoms with Crippen LogP contribution in [0.5, 0.6) is 0 Å². The van der Waals surface area contributed by atoms with Gasteiger partial charge in [-0.3, -0.25) is 9.36 Å². The molecule has 0 unspecified atom stereocenters. The number of thioether (sulfide) groups is 1. The summed E-state index contributed by atoms with van der Waals surface area (Å²) in [6, 6.07) is 18.4. The van der Waals surface area contributed by atoms with Gasteiger partial charge < -0.3 is 14.5 Å². The van der Waals surface area contributed by atoms with E-state index in [0.717, 1.165) is 41.0 Å². The van der Waals surface area contributed by atoms with Gasteiger partial charge in [-0.2, -0.15) is 0 Å². The molecule has 7 nitrogen and oxygen atoms in total. The average Bonchev–Trinajstić information content (AvgIpc) is 3.26. The van der Waals surface area contributed by atoms with Crippen molar-refractivity contribution in [3.05, 3.63) is 65.7 Å². The molecule has 0 N–H and O–H groups in total. The molecule has 3 aromatic rings. The highest BCUT2D eigenvalue weighted by atomic mass is 32.2. The molecule has 2 heterocycles. The minimum Gasteiger partial charge on any atom is -0.378 e. The second kappa shape index (κ2) is 10.9. The lowest BCUT2D eigenvalue weighted by Gasteiger charge is -2.28. The lowest BCUT2D eigenvalue weighted by Crippen LogP contribution is -2.38. The number of hydrogen-bond acceptors (Lipinski definition) is 6. The molecular weight excluding hydrogens is 434 g/mol. The molecule has 0 aliphatic carbocycles. The molecule has 1 aromatic heterocycles. The van der Waals surface area contributed by atoms with Crippen molar-refractivity contribution in [2.75, 3.05) is 37.0 Å². The molecule has 2 aromatic carbocycles. The van der Waals surface area contributed by atoms with Crippen LogP contribution in [-0.4, -0.2) is 63.7 Å². The number of morpholine rings is 1. The van der Waals surface area contributed by atoms with E-state index in [9.17, 15) is 4.79 Å². The Bertz CT molecular complexity index is 1060. The second-order valence-corrected chi connectivity index (χ2v) is 9.34. The highest BCUT2D eigenvalue weighted by molar-refractivity contribution is 7.99. The summed E-state index contributed by atoms with van der Waals surface area (Å²) in [7, 11) is 0. The van der Waals surface area contributed by atoms with Crippen LogP contribution in [0.4, 0.5) is 5.95 Å². The number of anilines is 1. The number of nitrogens with zero attached hydrogens (tertiary/aromatic N) is 5. The van der Waals surface area contributed by atoms with E-state index in [0.29, 0.717) is 25.5 Å². The van der Waals surface area contributed by atoms with E-state index in [1.54, 1.807) is 0 Å². The van der Waals surface area contributed by atoms with Crippen molar-refractivity contribution in [2.45, 2.75) is 38.5 Å². The van der Waals surface area contributed by atoms with Crippen molar-refractivity contribution in [3.8, 4) is 5.69 Å². The van der Waals surface area contributed by atoms with Gasteiger partial charge in [-0.05, 0) is 38.0 Å². The lowest BCUT2D eigenvalue weighted by atomic mass is 10.2. The summed E-state index contributed by atoms with van der Waals surface area (Å²) in [5.41, 5.74) is 3.29. The standard InChI is InChI=1S/C25H31N5O2S/c1-19(2)29(17-21-10-5-4-6-11-21)23(31)18-33-25-27-26-24(28-13-15-32-16-14-28)30(25)22-12-8-7-9-20(22)3/h4-12,19H,13-18H2,1-3H3. The summed E-state index contributed by atoms with van der Waals surface area (Å²) in [4.78, 5) is 17.3. The molecule has 33 heavy (non-hydrogen) atoms. The molecule has 1 fully saturated rings. The second-order valence-electron chi connectivity index (χ2n) is 8.39. The lowest BCUT2D eigenvalue weighted by molar-refractivity contribution is -0.130. The van der Waals surface area contributed by atoms with Crippen LogP contribution in [-0.2, 0) is 16.1 Å². The molecule has 1 saturated heterocycles. The van der Waals surface area contributed by atoms with E-state index < -0.39 is 0 Å². The smallest absolute Gasteiger partial charge is 0.233 e. The third-order valence-electron chi connectivity index (χ3n) is 5.73. The molecule has 0 radical (unpaired) electrons. The fourth-order valence-corrected chi connectivity index (χ4v) is 4.72. The maximum Gasteiger partial charge on any atom is 0.233 e. The zero-order valence-corrected chi connectivity index (χ0v) is 20.3.